The zero-order chi connectivity index (χ0) is 23.5. The van der Waals surface area contributed by atoms with Gasteiger partial charge in [-0.2, -0.15) is 13.2 Å². The number of hydrogen-bond acceptors (Lipinski definition) is 6. The molecule has 0 radical (unpaired) electrons. The molecule has 0 aliphatic carbocycles. The van der Waals surface area contributed by atoms with Gasteiger partial charge in [0, 0.05) is 19.0 Å². The lowest BCUT2D eigenvalue weighted by Gasteiger charge is -2.36. The number of piperidine rings is 1. The van der Waals surface area contributed by atoms with Gasteiger partial charge >= 0.3 is 18.2 Å². The number of carbonyl (C=O) groups is 2. The standard InChI is InChI=1S/C21H18F4N2O5/c1-31-19(28)13-8-12(17-7-2-14(9-18(17)22)21(23,24)25)10-27(11-13)20(29)32-16-5-3-15(26-30)4-6-16/h2-7,9,12-13H,8,10-11H2,1H3. The molecule has 3 rings (SSSR count). The molecule has 0 spiro atoms. The molecule has 1 aliphatic heterocycles. The third kappa shape index (κ3) is 5.21. The summed E-state index contributed by atoms with van der Waals surface area (Å²) in [5.74, 6) is -3.19. The largest absolute Gasteiger partial charge is 0.469 e. The second-order valence-corrected chi connectivity index (χ2v) is 7.24. The highest BCUT2D eigenvalue weighted by Crippen LogP contribution is 2.36. The quantitative estimate of drug-likeness (QED) is 0.368. The first-order chi connectivity index (χ1) is 15.1. The zero-order valence-electron chi connectivity index (χ0n) is 16.8. The molecule has 0 N–H and O–H groups in total. The molecule has 2 unspecified atom stereocenters. The molecule has 1 fully saturated rings. The van der Waals surface area contributed by atoms with Crippen LogP contribution >= 0.6 is 0 Å². The third-order valence-electron chi connectivity index (χ3n) is 5.16. The number of likely N-dealkylation sites (tertiary alicyclic amines) is 1. The fourth-order valence-corrected chi connectivity index (χ4v) is 3.59. The third-order valence-corrected chi connectivity index (χ3v) is 5.16. The molecule has 2 aromatic rings. The van der Waals surface area contributed by atoms with Crippen molar-refractivity contribution in [3.63, 3.8) is 0 Å². The number of carbonyl (C=O) groups excluding carboxylic acids is 2. The van der Waals surface area contributed by atoms with E-state index in [-0.39, 0.29) is 36.5 Å². The number of rotatable bonds is 4. The van der Waals surface area contributed by atoms with Crippen molar-refractivity contribution in [3.05, 3.63) is 64.3 Å². The molecular weight excluding hydrogens is 436 g/mol. The monoisotopic (exact) mass is 454 g/mol. The van der Waals surface area contributed by atoms with E-state index in [2.05, 4.69) is 5.18 Å². The SMILES string of the molecule is COC(=O)C1CC(c2ccc(C(F)(F)F)cc2F)CN(C(=O)Oc2ccc(N=O)cc2)C1. The highest BCUT2D eigenvalue weighted by Gasteiger charge is 2.38. The lowest BCUT2D eigenvalue weighted by Crippen LogP contribution is -2.47. The van der Waals surface area contributed by atoms with E-state index in [1.165, 1.54) is 29.2 Å². The first-order valence-electron chi connectivity index (χ1n) is 9.47. The van der Waals surface area contributed by atoms with Crippen LogP contribution in [0.15, 0.2) is 47.6 Å². The summed E-state index contributed by atoms with van der Waals surface area (Å²) in [4.78, 5) is 36.4. The predicted molar refractivity (Wildman–Crippen MR) is 104 cm³/mol. The van der Waals surface area contributed by atoms with Crippen molar-refractivity contribution in [1.29, 1.82) is 0 Å². The fraction of sp³-hybridized carbons (Fsp3) is 0.333. The van der Waals surface area contributed by atoms with Crippen LogP contribution in [0.5, 0.6) is 5.75 Å². The lowest BCUT2D eigenvalue weighted by molar-refractivity contribution is -0.147. The summed E-state index contributed by atoms with van der Waals surface area (Å²) in [5.41, 5.74) is -1.05. The highest BCUT2D eigenvalue weighted by atomic mass is 19.4. The van der Waals surface area contributed by atoms with Gasteiger partial charge in [0.25, 0.3) is 0 Å². The predicted octanol–water partition coefficient (Wildman–Crippen LogP) is 5.02. The number of alkyl halides is 3. The molecule has 0 saturated carbocycles. The summed E-state index contributed by atoms with van der Waals surface area (Å²) in [6, 6.07) is 7.53. The number of benzene rings is 2. The smallest absolute Gasteiger partial charge is 0.416 e. The Bertz CT molecular complexity index is 1010. The summed E-state index contributed by atoms with van der Waals surface area (Å²) >= 11 is 0. The van der Waals surface area contributed by atoms with Crippen molar-refractivity contribution in [3.8, 4) is 5.75 Å². The minimum atomic E-state index is -4.70. The van der Waals surface area contributed by atoms with Crippen LogP contribution in [-0.4, -0.2) is 37.2 Å². The molecule has 2 aromatic carbocycles. The van der Waals surface area contributed by atoms with E-state index in [4.69, 9.17) is 9.47 Å². The van der Waals surface area contributed by atoms with E-state index in [1.807, 2.05) is 0 Å². The molecule has 32 heavy (non-hydrogen) atoms. The van der Waals surface area contributed by atoms with Gasteiger partial charge in [0.05, 0.1) is 18.6 Å². The first-order valence-corrected chi connectivity index (χ1v) is 9.47. The summed E-state index contributed by atoms with van der Waals surface area (Å²) in [6.45, 7) is -0.152. The minimum Gasteiger partial charge on any atom is -0.469 e. The van der Waals surface area contributed by atoms with E-state index >= 15 is 0 Å². The van der Waals surface area contributed by atoms with Gasteiger partial charge < -0.3 is 14.4 Å². The Kier molecular flexibility index (Phi) is 6.75. The van der Waals surface area contributed by atoms with E-state index in [0.717, 1.165) is 19.2 Å². The van der Waals surface area contributed by atoms with E-state index < -0.39 is 41.5 Å². The van der Waals surface area contributed by atoms with Crippen molar-refractivity contribution < 1.29 is 36.6 Å². The van der Waals surface area contributed by atoms with Gasteiger partial charge in [-0.1, -0.05) is 6.07 Å². The second kappa shape index (κ2) is 9.33. The van der Waals surface area contributed by atoms with Gasteiger partial charge in [0.15, 0.2) is 0 Å². The summed E-state index contributed by atoms with van der Waals surface area (Å²) in [7, 11) is 1.16. The van der Waals surface area contributed by atoms with Crippen LogP contribution in [0, 0.1) is 16.6 Å². The van der Waals surface area contributed by atoms with Crippen molar-refractivity contribution in [1.82, 2.24) is 4.90 Å². The summed E-state index contributed by atoms with van der Waals surface area (Å²) < 4.78 is 63.1. The number of methoxy groups -OCH3 is 1. The van der Waals surface area contributed by atoms with Gasteiger partial charge in [-0.15, -0.1) is 4.91 Å². The van der Waals surface area contributed by atoms with Gasteiger partial charge in [-0.3, -0.25) is 4.79 Å². The maximum atomic E-state index is 14.5. The second-order valence-electron chi connectivity index (χ2n) is 7.24. The zero-order valence-corrected chi connectivity index (χ0v) is 16.8. The molecule has 11 heteroatoms. The molecule has 1 saturated heterocycles. The molecule has 0 bridgehead atoms. The number of hydrogen-bond donors (Lipinski definition) is 0. The van der Waals surface area contributed by atoms with Crippen molar-refractivity contribution in [2.75, 3.05) is 20.2 Å². The maximum absolute atomic E-state index is 14.5. The summed E-state index contributed by atoms with van der Waals surface area (Å²) in [5, 5.41) is 2.73. The molecule has 1 amide bonds. The Morgan fingerprint density at radius 2 is 1.78 bits per heavy atom. The number of amides is 1. The summed E-state index contributed by atoms with van der Waals surface area (Å²) in [6.07, 6.45) is -5.47. The molecule has 7 nitrogen and oxygen atoms in total. The van der Waals surface area contributed by atoms with Crippen LogP contribution in [0.25, 0.3) is 0 Å². The van der Waals surface area contributed by atoms with Crippen LogP contribution < -0.4 is 4.74 Å². The normalized spacial score (nSPS) is 18.7. The van der Waals surface area contributed by atoms with Crippen LogP contribution in [0.2, 0.25) is 0 Å². The van der Waals surface area contributed by atoms with Crippen molar-refractivity contribution in [2.24, 2.45) is 11.1 Å². The Labute approximate surface area is 179 Å². The number of nitrogens with zero attached hydrogens (tertiary/aromatic N) is 2. The Morgan fingerprint density at radius 1 is 1.09 bits per heavy atom. The van der Waals surface area contributed by atoms with E-state index in [0.29, 0.717) is 6.07 Å². The number of halogens is 4. The molecule has 0 aromatic heterocycles. The van der Waals surface area contributed by atoms with E-state index in [9.17, 15) is 32.1 Å². The van der Waals surface area contributed by atoms with Gasteiger partial charge in [0.1, 0.15) is 17.3 Å². The van der Waals surface area contributed by atoms with Gasteiger partial charge in [-0.25, -0.2) is 9.18 Å². The fourth-order valence-electron chi connectivity index (χ4n) is 3.59. The topological polar surface area (TPSA) is 85.3 Å². The average Bonchev–Trinajstić information content (AvgIpc) is 2.78. The number of ether oxygens (including phenoxy) is 2. The molecule has 1 heterocycles. The maximum Gasteiger partial charge on any atom is 0.416 e. The molecule has 1 aliphatic rings. The number of esters is 1. The molecule has 2 atom stereocenters. The van der Waals surface area contributed by atoms with Gasteiger partial charge in [-0.05, 0) is 53.6 Å². The van der Waals surface area contributed by atoms with Gasteiger partial charge in [0.2, 0.25) is 0 Å². The molecular formula is C21H18F4N2O5. The van der Waals surface area contributed by atoms with Crippen molar-refractivity contribution >= 4 is 17.7 Å². The average molecular weight is 454 g/mol. The van der Waals surface area contributed by atoms with Crippen LogP contribution in [0.3, 0.4) is 0 Å². The molecule has 170 valence electrons. The Morgan fingerprint density at radius 3 is 2.34 bits per heavy atom. The van der Waals surface area contributed by atoms with Crippen LogP contribution in [0.4, 0.5) is 28.0 Å². The Hall–Kier alpha value is -3.50. The highest BCUT2D eigenvalue weighted by molar-refractivity contribution is 5.76. The van der Waals surface area contributed by atoms with Crippen molar-refractivity contribution in [2.45, 2.75) is 18.5 Å². The lowest BCUT2D eigenvalue weighted by atomic mass is 9.84. The van der Waals surface area contributed by atoms with Crippen LogP contribution in [0.1, 0.15) is 23.5 Å². The van der Waals surface area contributed by atoms with E-state index in [1.54, 1.807) is 0 Å². The van der Waals surface area contributed by atoms with Crippen LogP contribution in [-0.2, 0) is 15.7 Å². The first kappa shape index (κ1) is 23.2. The minimum absolute atomic E-state index is 0.0502. The Balaban J connectivity index is 1.83. The number of nitroso groups, excluding NO2 is 1.